The van der Waals surface area contributed by atoms with Crippen LogP contribution >= 0.6 is 11.3 Å². The van der Waals surface area contributed by atoms with Gasteiger partial charge in [-0.25, -0.2) is 4.98 Å². The monoisotopic (exact) mass is 327 g/mol. The lowest BCUT2D eigenvalue weighted by atomic mass is 10.1. The van der Waals surface area contributed by atoms with E-state index in [9.17, 15) is 4.79 Å². The van der Waals surface area contributed by atoms with Crippen LogP contribution in [0.2, 0.25) is 0 Å². The predicted octanol–water partition coefficient (Wildman–Crippen LogP) is 3.68. The van der Waals surface area contributed by atoms with Gasteiger partial charge in [0.2, 0.25) is 5.13 Å². The van der Waals surface area contributed by atoms with Gasteiger partial charge >= 0.3 is 0 Å². The number of hydrogen-bond acceptors (Lipinski definition) is 5. The van der Waals surface area contributed by atoms with Crippen LogP contribution in [0.3, 0.4) is 0 Å². The van der Waals surface area contributed by atoms with Crippen molar-refractivity contribution in [2.24, 2.45) is 0 Å². The Morgan fingerprint density at radius 3 is 2.83 bits per heavy atom. The van der Waals surface area contributed by atoms with Crippen LogP contribution < -0.4 is 15.6 Å². The third-order valence-corrected chi connectivity index (χ3v) is 4.56. The van der Waals surface area contributed by atoms with Crippen LogP contribution in [0, 0.1) is 13.8 Å². The van der Waals surface area contributed by atoms with E-state index >= 15 is 0 Å². The highest BCUT2D eigenvalue weighted by Crippen LogP contribution is 2.29. The summed E-state index contributed by atoms with van der Waals surface area (Å²) in [6.45, 7) is 4.11. The fourth-order valence-electron chi connectivity index (χ4n) is 2.38. The number of nitrogens with zero attached hydrogens (tertiary/aromatic N) is 1. The Morgan fingerprint density at radius 2 is 2.04 bits per heavy atom. The number of hydrogen-bond donors (Lipinski definition) is 2. The number of benzene rings is 2. The molecule has 0 saturated carbocycles. The second-order valence-corrected chi connectivity index (χ2v) is 6.26. The predicted molar refractivity (Wildman–Crippen MR) is 93.2 cm³/mol. The smallest absolute Gasteiger partial charge is 0.269 e. The van der Waals surface area contributed by atoms with Crippen molar-refractivity contribution < 1.29 is 9.53 Å². The lowest BCUT2D eigenvalue weighted by Gasteiger charge is -2.06. The van der Waals surface area contributed by atoms with Gasteiger partial charge in [-0.05, 0) is 49.2 Å². The Bertz CT molecular complexity index is 873. The Morgan fingerprint density at radius 1 is 1.22 bits per heavy atom. The topological polar surface area (TPSA) is 63.2 Å². The van der Waals surface area contributed by atoms with Gasteiger partial charge < -0.3 is 4.74 Å². The first-order valence-corrected chi connectivity index (χ1v) is 7.96. The highest BCUT2D eigenvalue weighted by Gasteiger charge is 2.09. The average molecular weight is 327 g/mol. The molecule has 0 atom stereocenters. The summed E-state index contributed by atoms with van der Waals surface area (Å²) in [5, 5.41) is 0.657. The van der Waals surface area contributed by atoms with Gasteiger partial charge in [-0.1, -0.05) is 23.5 Å². The summed E-state index contributed by atoms with van der Waals surface area (Å²) in [6.07, 6.45) is 0. The summed E-state index contributed by atoms with van der Waals surface area (Å²) in [7, 11) is 1.57. The van der Waals surface area contributed by atoms with E-state index in [1.165, 1.54) is 22.5 Å². The lowest BCUT2D eigenvalue weighted by Crippen LogP contribution is -2.29. The normalized spacial score (nSPS) is 10.6. The SMILES string of the molecule is COc1cccc(C(=O)NNc2nc3cc(C)cc(C)c3s2)c1. The molecule has 6 heteroatoms. The van der Waals surface area contributed by atoms with Gasteiger partial charge in [0, 0.05) is 5.56 Å². The van der Waals surface area contributed by atoms with Crippen molar-refractivity contribution in [2.75, 3.05) is 12.5 Å². The van der Waals surface area contributed by atoms with Gasteiger partial charge in [0.25, 0.3) is 5.91 Å². The molecule has 0 aliphatic rings. The number of carbonyl (C=O) groups is 1. The number of methoxy groups -OCH3 is 1. The lowest BCUT2D eigenvalue weighted by molar-refractivity contribution is 0.0962. The van der Waals surface area contributed by atoms with Crippen molar-refractivity contribution in [2.45, 2.75) is 13.8 Å². The van der Waals surface area contributed by atoms with E-state index in [-0.39, 0.29) is 5.91 Å². The standard InChI is InChI=1S/C17H17N3O2S/c1-10-7-11(2)15-14(8-10)18-17(23-15)20-19-16(21)12-5-4-6-13(9-12)22-3/h4-9H,1-3H3,(H,18,20)(H,19,21). The second kappa shape index (κ2) is 6.26. The molecule has 3 aromatic rings. The van der Waals surface area contributed by atoms with Gasteiger partial charge in [0.05, 0.1) is 17.3 Å². The number of hydrazine groups is 1. The van der Waals surface area contributed by atoms with Crippen LogP contribution in [0.15, 0.2) is 36.4 Å². The molecule has 3 rings (SSSR count). The maximum absolute atomic E-state index is 12.2. The van der Waals surface area contributed by atoms with E-state index in [0.717, 1.165) is 10.2 Å². The van der Waals surface area contributed by atoms with Gasteiger partial charge in [0.15, 0.2) is 0 Å². The molecule has 2 aromatic carbocycles. The van der Waals surface area contributed by atoms with Crippen LogP contribution in [0.4, 0.5) is 5.13 Å². The van der Waals surface area contributed by atoms with Crippen LogP contribution in [-0.2, 0) is 0 Å². The molecule has 118 valence electrons. The number of aromatic nitrogens is 1. The highest BCUT2D eigenvalue weighted by atomic mass is 32.1. The zero-order valence-corrected chi connectivity index (χ0v) is 14.0. The summed E-state index contributed by atoms with van der Waals surface area (Å²) in [5.74, 6) is 0.403. The number of nitrogens with one attached hydrogen (secondary N) is 2. The summed E-state index contributed by atoms with van der Waals surface area (Å²) >= 11 is 1.52. The minimum Gasteiger partial charge on any atom is -0.497 e. The molecule has 0 unspecified atom stereocenters. The largest absolute Gasteiger partial charge is 0.497 e. The number of rotatable bonds is 4. The quantitative estimate of drug-likeness (QED) is 0.718. The molecule has 0 aliphatic carbocycles. The van der Waals surface area contributed by atoms with Crippen LogP contribution in [-0.4, -0.2) is 18.0 Å². The molecule has 1 heterocycles. The summed E-state index contributed by atoms with van der Waals surface area (Å²) in [4.78, 5) is 16.7. The third kappa shape index (κ3) is 3.27. The minimum absolute atomic E-state index is 0.240. The van der Waals surface area contributed by atoms with Gasteiger partial charge in [-0.3, -0.25) is 15.6 Å². The van der Waals surface area contributed by atoms with Crippen molar-refractivity contribution >= 4 is 32.6 Å². The summed E-state index contributed by atoms with van der Waals surface area (Å²) < 4.78 is 6.24. The van der Waals surface area contributed by atoms with E-state index in [1.54, 1.807) is 31.4 Å². The van der Waals surface area contributed by atoms with E-state index in [0.29, 0.717) is 16.4 Å². The van der Waals surface area contributed by atoms with Crippen LogP contribution in [0.1, 0.15) is 21.5 Å². The number of ether oxygens (including phenoxy) is 1. The molecule has 0 aliphatic heterocycles. The molecule has 23 heavy (non-hydrogen) atoms. The average Bonchev–Trinajstić information content (AvgIpc) is 2.96. The molecule has 0 fully saturated rings. The molecule has 5 nitrogen and oxygen atoms in total. The number of fused-ring (bicyclic) bond motifs is 1. The Balaban J connectivity index is 1.75. The minimum atomic E-state index is -0.240. The van der Waals surface area contributed by atoms with Crippen molar-refractivity contribution in [3.63, 3.8) is 0 Å². The molecule has 0 radical (unpaired) electrons. The molecular formula is C17H17N3O2S. The molecule has 0 spiro atoms. The number of aryl methyl sites for hydroxylation is 2. The van der Waals surface area contributed by atoms with E-state index < -0.39 is 0 Å². The molecule has 2 N–H and O–H groups in total. The first-order valence-electron chi connectivity index (χ1n) is 7.15. The fourth-order valence-corrected chi connectivity index (χ4v) is 3.25. The number of thiazole rings is 1. The summed E-state index contributed by atoms with van der Waals surface area (Å²) in [5.41, 5.74) is 9.36. The van der Waals surface area contributed by atoms with Gasteiger partial charge in [-0.2, -0.15) is 0 Å². The zero-order valence-electron chi connectivity index (χ0n) is 13.1. The Kier molecular flexibility index (Phi) is 4.16. The van der Waals surface area contributed by atoms with E-state index in [1.807, 2.05) is 13.0 Å². The van der Waals surface area contributed by atoms with Crippen molar-refractivity contribution in [3.05, 3.63) is 53.1 Å². The molecule has 0 bridgehead atoms. The zero-order chi connectivity index (χ0) is 16.4. The second-order valence-electron chi connectivity index (χ2n) is 5.26. The Labute approximate surface area is 138 Å². The van der Waals surface area contributed by atoms with E-state index in [4.69, 9.17) is 4.74 Å². The fraction of sp³-hybridized carbons (Fsp3) is 0.176. The van der Waals surface area contributed by atoms with Crippen LogP contribution in [0.5, 0.6) is 5.75 Å². The number of anilines is 1. The third-order valence-electron chi connectivity index (χ3n) is 3.43. The highest BCUT2D eigenvalue weighted by molar-refractivity contribution is 7.22. The number of carbonyl (C=O) groups excluding carboxylic acids is 1. The molecule has 1 amide bonds. The molecular weight excluding hydrogens is 310 g/mol. The van der Waals surface area contributed by atoms with E-state index in [2.05, 4.69) is 28.8 Å². The van der Waals surface area contributed by atoms with Crippen molar-refractivity contribution in [3.8, 4) is 5.75 Å². The summed E-state index contributed by atoms with van der Waals surface area (Å²) in [6, 6.07) is 11.1. The van der Waals surface area contributed by atoms with Crippen molar-refractivity contribution in [1.82, 2.24) is 10.4 Å². The Hall–Kier alpha value is -2.60. The van der Waals surface area contributed by atoms with Crippen LogP contribution in [0.25, 0.3) is 10.2 Å². The van der Waals surface area contributed by atoms with Gasteiger partial charge in [-0.15, -0.1) is 0 Å². The van der Waals surface area contributed by atoms with Gasteiger partial charge in [0.1, 0.15) is 5.75 Å². The first kappa shape index (κ1) is 15.3. The first-order chi connectivity index (χ1) is 11.1. The maximum Gasteiger partial charge on any atom is 0.269 e. The molecule has 0 saturated heterocycles. The maximum atomic E-state index is 12.2. The molecule has 1 aromatic heterocycles. The number of amides is 1. The van der Waals surface area contributed by atoms with Crippen molar-refractivity contribution in [1.29, 1.82) is 0 Å².